The van der Waals surface area contributed by atoms with Gasteiger partial charge >= 0.3 is 0 Å². The third-order valence-electron chi connectivity index (χ3n) is 0.904. The van der Waals surface area contributed by atoms with Gasteiger partial charge in [0.2, 0.25) is 0 Å². The highest BCUT2D eigenvalue weighted by Crippen LogP contribution is 2.15. The van der Waals surface area contributed by atoms with Crippen LogP contribution in [0.2, 0.25) is 32.7 Å². The molecule has 0 spiro atoms. The van der Waals surface area contributed by atoms with Crippen LogP contribution >= 0.6 is 15.9 Å². The van der Waals surface area contributed by atoms with Crippen molar-refractivity contribution >= 4 is 32.6 Å². The minimum Gasteiger partial charge on any atom is -0.455 e. The van der Waals surface area contributed by atoms with Crippen LogP contribution in [-0.4, -0.2) is 21.6 Å². The normalized spacial score (nSPS) is 13.8. The Bertz CT molecular complexity index is 109. The monoisotopic (exact) mass is 240 g/mol. The van der Waals surface area contributed by atoms with E-state index < -0.39 is 16.6 Å². The molecule has 4 heteroatoms. The van der Waals surface area contributed by atoms with Gasteiger partial charge in [0, 0.05) is 4.95 Å². The molecule has 0 radical (unpaired) electrons. The number of hydrogen-bond donors (Lipinski definition) is 0. The average molecular weight is 241 g/mol. The van der Waals surface area contributed by atoms with Crippen molar-refractivity contribution in [3.63, 3.8) is 0 Å². The van der Waals surface area contributed by atoms with Gasteiger partial charge in [-0.15, -0.1) is 0 Å². The quantitative estimate of drug-likeness (QED) is 0.545. The molecule has 0 unspecified atom stereocenters. The zero-order valence-electron chi connectivity index (χ0n) is 7.49. The zero-order chi connectivity index (χ0) is 8.41. The van der Waals surface area contributed by atoms with Crippen molar-refractivity contribution in [3.05, 3.63) is 0 Å². The van der Waals surface area contributed by atoms with Crippen LogP contribution in [0.5, 0.6) is 0 Å². The summed E-state index contributed by atoms with van der Waals surface area (Å²) in [6.07, 6.45) is 0. The molecular weight excluding hydrogens is 224 g/mol. The molecule has 0 aliphatic rings. The second-order valence-corrected chi connectivity index (χ2v) is 14.6. The van der Waals surface area contributed by atoms with E-state index in [1.165, 1.54) is 0 Å². The Morgan fingerprint density at radius 3 is 1.60 bits per heavy atom. The van der Waals surface area contributed by atoms with Gasteiger partial charge in [-0.05, 0) is 32.7 Å². The van der Waals surface area contributed by atoms with Crippen molar-refractivity contribution in [1.82, 2.24) is 0 Å². The van der Waals surface area contributed by atoms with Crippen LogP contribution in [0.4, 0.5) is 0 Å². The maximum atomic E-state index is 6.01. The summed E-state index contributed by atoms with van der Waals surface area (Å²) in [5.74, 6) is 0. The molecule has 0 aliphatic heterocycles. The summed E-state index contributed by atoms with van der Waals surface area (Å²) < 4.78 is 6.01. The van der Waals surface area contributed by atoms with Crippen LogP contribution in [0.1, 0.15) is 0 Å². The number of rotatable bonds is 3. The van der Waals surface area contributed by atoms with Crippen molar-refractivity contribution < 1.29 is 4.12 Å². The van der Waals surface area contributed by atoms with Gasteiger partial charge in [0.05, 0.1) is 0 Å². The van der Waals surface area contributed by atoms with Crippen molar-refractivity contribution in [2.75, 3.05) is 4.95 Å². The first kappa shape index (κ1) is 10.9. The van der Waals surface area contributed by atoms with Crippen LogP contribution < -0.4 is 0 Å². The van der Waals surface area contributed by atoms with Gasteiger partial charge in [-0.1, -0.05) is 15.9 Å². The lowest BCUT2D eigenvalue weighted by Gasteiger charge is -2.29. The van der Waals surface area contributed by atoms with E-state index in [1.54, 1.807) is 0 Å². The largest absolute Gasteiger partial charge is 0.455 e. The van der Waals surface area contributed by atoms with E-state index in [-0.39, 0.29) is 0 Å². The molecular formula is C6H17BrOSi2. The fourth-order valence-electron chi connectivity index (χ4n) is 0.856. The lowest BCUT2D eigenvalue weighted by atomic mass is 11.8. The maximum Gasteiger partial charge on any atom is 0.183 e. The molecule has 0 aromatic heterocycles. The van der Waals surface area contributed by atoms with Gasteiger partial charge < -0.3 is 4.12 Å². The molecule has 0 heterocycles. The summed E-state index contributed by atoms with van der Waals surface area (Å²) in [5.41, 5.74) is 0. The van der Waals surface area contributed by atoms with E-state index in [4.69, 9.17) is 4.12 Å². The van der Waals surface area contributed by atoms with E-state index in [1.807, 2.05) is 0 Å². The second-order valence-electron chi connectivity index (χ2n) is 4.11. The molecule has 0 aromatic rings. The Morgan fingerprint density at radius 1 is 1.10 bits per heavy atom. The summed E-state index contributed by atoms with van der Waals surface area (Å²) in [6, 6.07) is 0. The Hall–Kier alpha value is 0.874. The lowest BCUT2D eigenvalue weighted by molar-refractivity contribution is 0.558. The predicted molar refractivity (Wildman–Crippen MR) is 55.7 cm³/mol. The molecule has 0 fully saturated rings. The fourth-order valence-corrected chi connectivity index (χ4v) is 8.74. The summed E-state index contributed by atoms with van der Waals surface area (Å²) in [6.45, 7) is 11.2. The molecule has 0 amide bonds. The minimum atomic E-state index is -1.33. The Kier molecular flexibility index (Phi) is 3.82. The first-order valence-electron chi connectivity index (χ1n) is 3.53. The predicted octanol–water partition coefficient (Wildman–Crippen LogP) is 2.98. The van der Waals surface area contributed by atoms with E-state index in [0.717, 1.165) is 4.95 Å². The van der Waals surface area contributed by atoms with Crippen molar-refractivity contribution in [2.45, 2.75) is 32.7 Å². The Morgan fingerprint density at radius 2 is 1.50 bits per heavy atom. The molecule has 62 valence electrons. The maximum absolute atomic E-state index is 6.01. The van der Waals surface area contributed by atoms with E-state index in [0.29, 0.717) is 0 Å². The van der Waals surface area contributed by atoms with Crippen molar-refractivity contribution in [3.8, 4) is 0 Å². The highest BCUT2D eigenvalue weighted by molar-refractivity contribution is 9.09. The van der Waals surface area contributed by atoms with Crippen molar-refractivity contribution in [2.24, 2.45) is 0 Å². The fraction of sp³-hybridized carbons (Fsp3) is 1.00. The summed E-state index contributed by atoms with van der Waals surface area (Å²) in [4.78, 5) is 1.05. The van der Waals surface area contributed by atoms with Gasteiger partial charge in [0.15, 0.2) is 16.6 Å². The van der Waals surface area contributed by atoms with Crippen LogP contribution in [0, 0.1) is 0 Å². The summed E-state index contributed by atoms with van der Waals surface area (Å²) in [7, 11) is -2.62. The molecule has 10 heavy (non-hydrogen) atoms. The van der Waals surface area contributed by atoms with Crippen LogP contribution in [0.3, 0.4) is 0 Å². The Labute approximate surface area is 74.6 Å². The molecule has 1 nitrogen and oxygen atoms in total. The van der Waals surface area contributed by atoms with Crippen LogP contribution in [-0.2, 0) is 4.12 Å². The molecule has 0 N–H and O–H groups in total. The standard InChI is InChI=1S/C6H17BrOSi2/c1-9(2,3)8-10(4,5)6-7/h6H2,1-5H3. The second kappa shape index (κ2) is 3.51. The van der Waals surface area contributed by atoms with Crippen molar-refractivity contribution in [1.29, 1.82) is 0 Å². The van der Waals surface area contributed by atoms with Gasteiger partial charge in [-0.2, -0.15) is 0 Å². The van der Waals surface area contributed by atoms with E-state index >= 15 is 0 Å². The first-order chi connectivity index (χ1) is 4.27. The minimum absolute atomic E-state index is 1.05. The summed E-state index contributed by atoms with van der Waals surface area (Å²) in [5, 5.41) is 0. The molecule has 0 bridgehead atoms. The number of halogens is 1. The first-order valence-corrected chi connectivity index (χ1v) is 11.2. The third kappa shape index (κ3) is 5.64. The molecule has 0 saturated heterocycles. The molecule has 0 atom stereocenters. The van der Waals surface area contributed by atoms with Gasteiger partial charge in [-0.25, -0.2) is 0 Å². The van der Waals surface area contributed by atoms with Crippen LogP contribution in [0.25, 0.3) is 0 Å². The average Bonchev–Trinajstić information content (AvgIpc) is 1.60. The molecule has 0 aromatic carbocycles. The lowest BCUT2D eigenvalue weighted by Crippen LogP contribution is -2.43. The molecule has 0 aliphatic carbocycles. The highest BCUT2D eigenvalue weighted by atomic mass is 79.9. The number of hydrogen-bond acceptors (Lipinski definition) is 1. The SMILES string of the molecule is C[Si](C)(C)O[Si](C)(C)CBr. The van der Waals surface area contributed by atoms with Crippen LogP contribution in [0.15, 0.2) is 0 Å². The highest BCUT2D eigenvalue weighted by Gasteiger charge is 2.27. The van der Waals surface area contributed by atoms with E-state index in [2.05, 4.69) is 48.7 Å². The third-order valence-corrected chi connectivity index (χ3v) is 10.3. The Balaban J connectivity index is 3.89. The van der Waals surface area contributed by atoms with Gasteiger partial charge in [0.25, 0.3) is 0 Å². The topological polar surface area (TPSA) is 9.23 Å². The summed E-state index contributed by atoms with van der Waals surface area (Å²) >= 11 is 3.48. The van der Waals surface area contributed by atoms with Gasteiger partial charge in [0.1, 0.15) is 0 Å². The zero-order valence-corrected chi connectivity index (χ0v) is 11.1. The number of alkyl halides is 1. The van der Waals surface area contributed by atoms with Gasteiger partial charge in [-0.3, -0.25) is 0 Å². The molecule has 0 saturated carbocycles. The van der Waals surface area contributed by atoms with E-state index in [9.17, 15) is 0 Å². The smallest absolute Gasteiger partial charge is 0.183 e. The molecule has 0 rings (SSSR count).